The molecule has 0 bridgehead atoms. The van der Waals surface area contributed by atoms with Crippen LogP contribution in [0.5, 0.6) is 0 Å². The van der Waals surface area contributed by atoms with E-state index in [2.05, 4.69) is 24.1 Å². The molecule has 32 heavy (non-hydrogen) atoms. The average molecular weight is 432 g/mol. The molecule has 0 spiro atoms. The molecule has 6 nitrogen and oxygen atoms in total. The summed E-state index contributed by atoms with van der Waals surface area (Å²) in [5, 5.41) is 12.8. The van der Waals surface area contributed by atoms with Crippen molar-refractivity contribution < 1.29 is 14.7 Å². The highest BCUT2D eigenvalue weighted by Gasteiger charge is 2.19. The van der Waals surface area contributed by atoms with E-state index in [9.17, 15) is 14.7 Å². The lowest BCUT2D eigenvalue weighted by atomic mass is 9.96. The van der Waals surface area contributed by atoms with E-state index >= 15 is 0 Å². The van der Waals surface area contributed by atoms with Crippen molar-refractivity contribution in [1.29, 1.82) is 0 Å². The number of carbonyl (C=O) groups excluding carboxylic acids is 1. The highest BCUT2D eigenvalue weighted by atomic mass is 16.4. The van der Waals surface area contributed by atoms with Crippen LogP contribution in [0, 0.1) is 5.92 Å². The van der Waals surface area contributed by atoms with E-state index in [1.807, 2.05) is 54.6 Å². The summed E-state index contributed by atoms with van der Waals surface area (Å²) in [5.41, 5.74) is 3.75. The number of nitrogens with zero attached hydrogens (tertiary/aromatic N) is 2. The third kappa shape index (κ3) is 6.17. The van der Waals surface area contributed by atoms with Crippen molar-refractivity contribution in [3.8, 4) is 11.1 Å². The SMILES string of the molecule is CC(C)CCNC(=O)c1ccncc1-c1ccccc1CN(Cc1ccccc1)C(=O)O. The monoisotopic (exact) mass is 431 g/mol. The van der Waals surface area contributed by atoms with Crippen LogP contribution in [0.2, 0.25) is 0 Å². The second-order valence-electron chi connectivity index (χ2n) is 8.14. The molecule has 0 unspecified atom stereocenters. The minimum atomic E-state index is -0.999. The first-order valence-electron chi connectivity index (χ1n) is 10.8. The Hall–Kier alpha value is -3.67. The Bertz CT molecular complexity index is 1050. The lowest BCUT2D eigenvalue weighted by Gasteiger charge is -2.22. The first kappa shape index (κ1) is 23.0. The van der Waals surface area contributed by atoms with Gasteiger partial charge in [-0.3, -0.25) is 14.7 Å². The van der Waals surface area contributed by atoms with Gasteiger partial charge < -0.3 is 10.4 Å². The molecule has 0 fully saturated rings. The molecule has 1 aromatic heterocycles. The van der Waals surface area contributed by atoms with Crippen LogP contribution in [0.15, 0.2) is 73.1 Å². The number of rotatable bonds is 9. The van der Waals surface area contributed by atoms with E-state index in [0.717, 1.165) is 23.1 Å². The molecule has 2 N–H and O–H groups in total. The van der Waals surface area contributed by atoms with Gasteiger partial charge in [-0.05, 0) is 35.1 Å². The molecule has 0 aliphatic rings. The minimum absolute atomic E-state index is 0.155. The third-order valence-corrected chi connectivity index (χ3v) is 5.23. The van der Waals surface area contributed by atoms with Gasteiger partial charge in [0.25, 0.3) is 5.91 Å². The summed E-state index contributed by atoms with van der Waals surface area (Å²) in [6, 6.07) is 18.8. The predicted molar refractivity (Wildman–Crippen MR) is 125 cm³/mol. The van der Waals surface area contributed by atoms with Crippen LogP contribution < -0.4 is 5.32 Å². The molecule has 1 heterocycles. The number of amides is 2. The minimum Gasteiger partial charge on any atom is -0.465 e. The molecule has 0 saturated carbocycles. The van der Waals surface area contributed by atoms with Crippen molar-refractivity contribution in [3.63, 3.8) is 0 Å². The standard InChI is InChI=1S/C26H29N3O3/c1-19(2)12-15-28-25(30)23-13-14-27-16-24(23)22-11-7-6-10-21(22)18-29(26(31)32)17-20-8-4-3-5-9-20/h3-11,13-14,16,19H,12,15,17-18H2,1-2H3,(H,28,30)(H,31,32). The van der Waals surface area contributed by atoms with E-state index in [1.165, 1.54) is 4.90 Å². The molecule has 3 rings (SSSR count). The zero-order valence-corrected chi connectivity index (χ0v) is 18.5. The number of carbonyl (C=O) groups is 2. The summed E-state index contributed by atoms with van der Waals surface area (Å²) >= 11 is 0. The van der Waals surface area contributed by atoms with Crippen LogP contribution in [0.3, 0.4) is 0 Å². The Morgan fingerprint density at radius 1 is 0.969 bits per heavy atom. The van der Waals surface area contributed by atoms with Crippen LogP contribution in [-0.4, -0.2) is 33.5 Å². The molecule has 166 valence electrons. The predicted octanol–water partition coefficient (Wildman–Crippen LogP) is 5.20. The van der Waals surface area contributed by atoms with Gasteiger partial charge in [0.1, 0.15) is 0 Å². The fraction of sp³-hybridized carbons (Fsp3) is 0.269. The van der Waals surface area contributed by atoms with E-state index in [4.69, 9.17) is 0 Å². The van der Waals surface area contributed by atoms with Crippen molar-refractivity contribution >= 4 is 12.0 Å². The summed E-state index contributed by atoms with van der Waals surface area (Å²) in [6.45, 7) is 5.31. The van der Waals surface area contributed by atoms with Crippen LogP contribution in [0.25, 0.3) is 11.1 Å². The van der Waals surface area contributed by atoms with Gasteiger partial charge in [0, 0.05) is 37.6 Å². The average Bonchev–Trinajstić information content (AvgIpc) is 2.79. The highest BCUT2D eigenvalue weighted by Crippen LogP contribution is 2.28. The molecule has 0 radical (unpaired) electrons. The largest absolute Gasteiger partial charge is 0.465 e. The first-order chi connectivity index (χ1) is 15.5. The Morgan fingerprint density at radius 2 is 1.69 bits per heavy atom. The summed E-state index contributed by atoms with van der Waals surface area (Å²) in [7, 11) is 0. The van der Waals surface area contributed by atoms with E-state index in [0.29, 0.717) is 23.6 Å². The summed E-state index contributed by atoms with van der Waals surface area (Å²) in [4.78, 5) is 30.4. The van der Waals surface area contributed by atoms with Gasteiger partial charge in [0.2, 0.25) is 0 Å². The molecule has 0 aliphatic carbocycles. The number of carboxylic acid groups (broad SMARTS) is 1. The summed E-state index contributed by atoms with van der Waals surface area (Å²) in [6.07, 6.45) is 3.16. The van der Waals surface area contributed by atoms with Crippen LogP contribution in [0.1, 0.15) is 41.8 Å². The quantitative estimate of drug-likeness (QED) is 0.488. The van der Waals surface area contributed by atoms with Crippen molar-refractivity contribution in [3.05, 3.63) is 89.7 Å². The number of pyridine rings is 1. The fourth-order valence-electron chi connectivity index (χ4n) is 3.50. The Balaban J connectivity index is 1.88. The second kappa shape index (κ2) is 11.1. The molecule has 6 heteroatoms. The van der Waals surface area contributed by atoms with Gasteiger partial charge in [0.15, 0.2) is 0 Å². The van der Waals surface area contributed by atoms with E-state index in [-0.39, 0.29) is 19.0 Å². The molecular formula is C26H29N3O3. The Kier molecular flexibility index (Phi) is 7.97. The van der Waals surface area contributed by atoms with Gasteiger partial charge in [-0.2, -0.15) is 0 Å². The maximum Gasteiger partial charge on any atom is 0.407 e. The number of nitrogens with one attached hydrogen (secondary N) is 1. The molecule has 2 amide bonds. The fourth-order valence-corrected chi connectivity index (χ4v) is 3.50. The van der Waals surface area contributed by atoms with Crippen molar-refractivity contribution in [2.24, 2.45) is 5.92 Å². The molecule has 0 atom stereocenters. The van der Waals surface area contributed by atoms with Gasteiger partial charge >= 0.3 is 6.09 Å². The summed E-state index contributed by atoms with van der Waals surface area (Å²) < 4.78 is 0. The van der Waals surface area contributed by atoms with Crippen LogP contribution in [-0.2, 0) is 13.1 Å². The molecule has 2 aromatic carbocycles. The van der Waals surface area contributed by atoms with Crippen molar-refractivity contribution in [1.82, 2.24) is 15.2 Å². The van der Waals surface area contributed by atoms with E-state index < -0.39 is 6.09 Å². The van der Waals surface area contributed by atoms with Gasteiger partial charge in [-0.1, -0.05) is 68.4 Å². The zero-order valence-electron chi connectivity index (χ0n) is 18.5. The summed E-state index contributed by atoms with van der Waals surface area (Å²) in [5.74, 6) is 0.344. The number of hydrogen-bond acceptors (Lipinski definition) is 3. The van der Waals surface area contributed by atoms with Gasteiger partial charge in [-0.15, -0.1) is 0 Å². The van der Waals surface area contributed by atoms with Crippen LogP contribution >= 0.6 is 0 Å². The van der Waals surface area contributed by atoms with Gasteiger partial charge in [0.05, 0.1) is 5.56 Å². The molecule has 0 aliphatic heterocycles. The molecular weight excluding hydrogens is 402 g/mol. The van der Waals surface area contributed by atoms with Gasteiger partial charge in [-0.25, -0.2) is 4.79 Å². The van der Waals surface area contributed by atoms with Crippen molar-refractivity contribution in [2.75, 3.05) is 6.54 Å². The smallest absolute Gasteiger partial charge is 0.407 e. The highest BCUT2D eigenvalue weighted by molar-refractivity contribution is 6.01. The first-order valence-corrected chi connectivity index (χ1v) is 10.8. The maximum absolute atomic E-state index is 12.9. The maximum atomic E-state index is 12.9. The topological polar surface area (TPSA) is 82.5 Å². The Morgan fingerprint density at radius 3 is 2.41 bits per heavy atom. The second-order valence-corrected chi connectivity index (χ2v) is 8.14. The third-order valence-electron chi connectivity index (χ3n) is 5.23. The zero-order chi connectivity index (χ0) is 22.9. The number of hydrogen-bond donors (Lipinski definition) is 2. The lowest BCUT2D eigenvalue weighted by Crippen LogP contribution is -2.29. The number of aromatic nitrogens is 1. The number of benzene rings is 2. The van der Waals surface area contributed by atoms with Crippen LogP contribution in [0.4, 0.5) is 4.79 Å². The molecule has 3 aromatic rings. The molecule has 0 saturated heterocycles. The van der Waals surface area contributed by atoms with E-state index in [1.54, 1.807) is 18.5 Å². The normalized spacial score (nSPS) is 10.7. The lowest BCUT2D eigenvalue weighted by molar-refractivity contribution is 0.0952. The van der Waals surface area contributed by atoms with Crippen molar-refractivity contribution in [2.45, 2.75) is 33.4 Å². The Labute approximate surface area is 188 Å².